The van der Waals surface area contributed by atoms with Crippen molar-refractivity contribution in [2.45, 2.75) is 19.3 Å². The van der Waals surface area contributed by atoms with E-state index in [0.29, 0.717) is 18.0 Å². The smallest absolute Gasteiger partial charge is 0.323 e. The van der Waals surface area contributed by atoms with E-state index in [1.807, 2.05) is 36.4 Å². The van der Waals surface area contributed by atoms with Crippen molar-refractivity contribution in [3.05, 3.63) is 52.4 Å². The van der Waals surface area contributed by atoms with Gasteiger partial charge >= 0.3 is 5.69 Å². The molecule has 7 nitrogen and oxygen atoms in total. The summed E-state index contributed by atoms with van der Waals surface area (Å²) in [4.78, 5) is 33.4. The molecule has 0 aliphatic rings. The minimum Gasteiger partial charge on any atom is -0.497 e. The summed E-state index contributed by atoms with van der Waals surface area (Å²) < 4.78 is 6.18. The zero-order chi connectivity index (χ0) is 18.8. The van der Waals surface area contributed by atoms with Gasteiger partial charge in [-0.25, -0.2) is 9.78 Å². The molecule has 0 saturated carbocycles. The number of hydrogen-bond donors (Lipinski definition) is 3. The van der Waals surface area contributed by atoms with Crippen molar-refractivity contribution in [1.82, 2.24) is 15.0 Å². The number of rotatable bonds is 6. The largest absolute Gasteiger partial charge is 0.497 e. The Morgan fingerprint density at radius 3 is 2.89 bits per heavy atom. The second-order valence-electron chi connectivity index (χ2n) is 6.21. The van der Waals surface area contributed by atoms with E-state index >= 15 is 0 Å². The molecule has 2 heterocycles. The predicted molar refractivity (Wildman–Crippen MR) is 107 cm³/mol. The highest BCUT2D eigenvalue weighted by Crippen LogP contribution is 2.29. The molecule has 0 atom stereocenters. The number of carbonyl (C=O) groups excluding carboxylic acids is 1. The van der Waals surface area contributed by atoms with Gasteiger partial charge in [-0.3, -0.25) is 4.79 Å². The number of imidazole rings is 1. The number of fused-ring (bicyclic) bond motifs is 2. The monoisotopic (exact) mass is 382 g/mol. The van der Waals surface area contributed by atoms with Gasteiger partial charge in [0.15, 0.2) is 5.13 Å². The molecule has 0 unspecified atom stereocenters. The van der Waals surface area contributed by atoms with Crippen molar-refractivity contribution < 1.29 is 9.53 Å². The highest BCUT2D eigenvalue weighted by molar-refractivity contribution is 7.22. The number of benzene rings is 2. The lowest BCUT2D eigenvalue weighted by molar-refractivity contribution is -0.116. The first kappa shape index (κ1) is 17.3. The molecule has 0 bridgehead atoms. The predicted octanol–water partition coefficient (Wildman–Crippen LogP) is 3.44. The van der Waals surface area contributed by atoms with Gasteiger partial charge in [0.1, 0.15) is 5.75 Å². The molecule has 0 spiro atoms. The third-order valence-electron chi connectivity index (χ3n) is 4.29. The first-order valence-corrected chi connectivity index (χ1v) is 9.38. The molecule has 0 radical (unpaired) electrons. The minimum absolute atomic E-state index is 0.0582. The highest BCUT2D eigenvalue weighted by Gasteiger charge is 2.09. The molecule has 4 rings (SSSR count). The SMILES string of the molecule is COc1ccc2nc(NC(=O)CCCc3ccc4[nH]c(=O)[nH]c4c3)sc2c1. The van der Waals surface area contributed by atoms with Gasteiger partial charge in [-0.2, -0.15) is 0 Å². The number of H-pyrrole nitrogens is 2. The summed E-state index contributed by atoms with van der Waals surface area (Å²) in [6.07, 6.45) is 1.87. The summed E-state index contributed by atoms with van der Waals surface area (Å²) in [5, 5.41) is 3.46. The molecule has 0 fully saturated rings. The van der Waals surface area contributed by atoms with Crippen LogP contribution in [-0.4, -0.2) is 28.0 Å². The Labute approximate surface area is 158 Å². The van der Waals surface area contributed by atoms with Crippen molar-refractivity contribution in [2.75, 3.05) is 12.4 Å². The molecule has 0 saturated heterocycles. The topological polar surface area (TPSA) is 99.9 Å². The number of methoxy groups -OCH3 is 1. The summed E-state index contributed by atoms with van der Waals surface area (Å²) in [6.45, 7) is 0. The Morgan fingerprint density at radius 2 is 2.04 bits per heavy atom. The maximum atomic E-state index is 12.2. The van der Waals surface area contributed by atoms with Gasteiger partial charge in [0.2, 0.25) is 5.91 Å². The van der Waals surface area contributed by atoms with Crippen molar-refractivity contribution in [3.63, 3.8) is 0 Å². The van der Waals surface area contributed by atoms with Gasteiger partial charge in [0.05, 0.1) is 28.4 Å². The van der Waals surface area contributed by atoms with Crippen molar-refractivity contribution in [1.29, 1.82) is 0 Å². The normalized spacial score (nSPS) is 11.1. The number of carbonyl (C=O) groups is 1. The van der Waals surface area contributed by atoms with E-state index in [2.05, 4.69) is 20.3 Å². The van der Waals surface area contributed by atoms with E-state index in [0.717, 1.165) is 39.0 Å². The second kappa shape index (κ2) is 7.24. The number of aromatic nitrogens is 3. The molecular weight excluding hydrogens is 364 g/mol. The number of nitrogens with zero attached hydrogens (tertiary/aromatic N) is 1. The Bertz CT molecular complexity index is 1170. The zero-order valence-corrected chi connectivity index (χ0v) is 15.5. The first-order chi connectivity index (χ1) is 13.1. The van der Waals surface area contributed by atoms with Gasteiger partial charge < -0.3 is 20.0 Å². The van der Waals surface area contributed by atoms with Crippen LogP contribution >= 0.6 is 11.3 Å². The highest BCUT2D eigenvalue weighted by atomic mass is 32.1. The minimum atomic E-state index is -0.213. The maximum Gasteiger partial charge on any atom is 0.323 e. The van der Waals surface area contributed by atoms with E-state index in [1.165, 1.54) is 11.3 Å². The number of anilines is 1. The van der Waals surface area contributed by atoms with Gasteiger partial charge in [0.25, 0.3) is 0 Å². The molecule has 27 heavy (non-hydrogen) atoms. The number of aryl methyl sites for hydroxylation is 1. The van der Waals surface area contributed by atoms with E-state index in [1.54, 1.807) is 7.11 Å². The molecule has 2 aromatic carbocycles. The maximum absolute atomic E-state index is 12.2. The lowest BCUT2D eigenvalue weighted by Gasteiger charge is -2.03. The van der Waals surface area contributed by atoms with Crippen molar-refractivity contribution in [3.8, 4) is 5.75 Å². The van der Waals surface area contributed by atoms with Crippen LogP contribution in [0.1, 0.15) is 18.4 Å². The number of nitrogens with one attached hydrogen (secondary N) is 3. The van der Waals surface area contributed by atoms with Gasteiger partial charge in [0, 0.05) is 6.42 Å². The molecule has 138 valence electrons. The van der Waals surface area contributed by atoms with Crippen LogP contribution in [0.2, 0.25) is 0 Å². The van der Waals surface area contributed by atoms with Gasteiger partial charge in [-0.15, -0.1) is 0 Å². The zero-order valence-electron chi connectivity index (χ0n) is 14.7. The molecule has 4 aromatic rings. The van der Waals surface area contributed by atoms with Crippen molar-refractivity contribution in [2.24, 2.45) is 0 Å². The fraction of sp³-hybridized carbons (Fsp3) is 0.211. The summed E-state index contributed by atoms with van der Waals surface area (Å²) in [6, 6.07) is 11.4. The third kappa shape index (κ3) is 3.85. The fourth-order valence-corrected chi connectivity index (χ4v) is 3.87. The Balaban J connectivity index is 1.34. The van der Waals surface area contributed by atoms with E-state index in [4.69, 9.17) is 4.74 Å². The van der Waals surface area contributed by atoms with Crippen LogP contribution in [0.5, 0.6) is 5.75 Å². The quantitative estimate of drug-likeness (QED) is 0.476. The standard InChI is InChI=1S/C19H18N4O3S/c1-26-12-6-8-14-16(10-12)27-19(22-14)23-17(24)4-2-3-11-5-7-13-15(9-11)21-18(25)20-13/h5-10H,2-4H2,1H3,(H2,20,21,25)(H,22,23,24). The molecule has 0 aliphatic carbocycles. The average molecular weight is 382 g/mol. The first-order valence-electron chi connectivity index (χ1n) is 8.56. The summed E-state index contributed by atoms with van der Waals surface area (Å²) in [5.41, 5.74) is 3.28. The second-order valence-corrected chi connectivity index (χ2v) is 7.24. The number of amides is 1. The van der Waals surface area contributed by atoms with E-state index in [-0.39, 0.29) is 11.6 Å². The lowest BCUT2D eigenvalue weighted by atomic mass is 10.1. The number of ether oxygens (including phenoxy) is 1. The van der Waals surface area contributed by atoms with E-state index < -0.39 is 0 Å². The molecule has 2 aromatic heterocycles. The molecule has 8 heteroatoms. The number of thiazole rings is 1. The van der Waals surface area contributed by atoms with Crippen LogP contribution in [-0.2, 0) is 11.2 Å². The van der Waals surface area contributed by atoms with Crippen LogP contribution in [0.25, 0.3) is 21.3 Å². The van der Waals surface area contributed by atoms with Crippen LogP contribution in [0.4, 0.5) is 5.13 Å². The molecule has 1 amide bonds. The summed E-state index contributed by atoms with van der Waals surface area (Å²) in [7, 11) is 1.62. The Hall–Kier alpha value is -3.13. The van der Waals surface area contributed by atoms with Crippen LogP contribution < -0.4 is 15.7 Å². The molecule has 3 N–H and O–H groups in total. The van der Waals surface area contributed by atoms with Crippen molar-refractivity contribution >= 4 is 43.6 Å². The van der Waals surface area contributed by atoms with Gasteiger partial charge in [-0.1, -0.05) is 17.4 Å². The summed E-state index contributed by atoms with van der Waals surface area (Å²) >= 11 is 1.43. The molecule has 0 aliphatic heterocycles. The van der Waals surface area contributed by atoms with Crippen LogP contribution in [0.15, 0.2) is 41.2 Å². The molecular formula is C19H18N4O3S. The van der Waals surface area contributed by atoms with Crippen LogP contribution in [0.3, 0.4) is 0 Å². The lowest BCUT2D eigenvalue weighted by Crippen LogP contribution is -2.11. The Morgan fingerprint density at radius 1 is 1.19 bits per heavy atom. The van der Waals surface area contributed by atoms with Crippen LogP contribution in [0, 0.1) is 0 Å². The number of aromatic amines is 2. The van der Waals surface area contributed by atoms with Gasteiger partial charge in [-0.05, 0) is 48.7 Å². The third-order valence-corrected chi connectivity index (χ3v) is 5.23. The van der Waals surface area contributed by atoms with E-state index in [9.17, 15) is 9.59 Å². The Kier molecular flexibility index (Phi) is 4.64. The summed E-state index contributed by atoms with van der Waals surface area (Å²) in [5.74, 6) is 0.710. The number of hydrogen-bond acceptors (Lipinski definition) is 5. The average Bonchev–Trinajstić information content (AvgIpc) is 3.21. The fourth-order valence-electron chi connectivity index (χ4n) is 2.96.